The Morgan fingerprint density at radius 3 is 2.55 bits per heavy atom. The number of aliphatic imine (C=N–C) groups is 1. The van der Waals surface area contributed by atoms with Gasteiger partial charge in [0.1, 0.15) is 6.29 Å². The van der Waals surface area contributed by atoms with Crippen molar-refractivity contribution in [1.82, 2.24) is 5.32 Å². The molecule has 0 spiro atoms. The second-order valence-electron chi connectivity index (χ2n) is 6.33. The highest BCUT2D eigenvalue weighted by atomic mass is 16.3. The standard InChI is InChI=1S/C22H17N3O4/c26-13-12-25-17-10-5-4-9-16(17)19(15-7-2-1-3-8-15)23-20(22(25)28)24-21(27)18-11-6-14-29-18/h1-11,13-14,20H,12H2,(H,24,27). The molecule has 7 heteroatoms. The highest BCUT2D eigenvalue weighted by Gasteiger charge is 2.33. The summed E-state index contributed by atoms with van der Waals surface area (Å²) >= 11 is 0. The second-order valence-corrected chi connectivity index (χ2v) is 6.33. The van der Waals surface area contributed by atoms with Crippen molar-refractivity contribution >= 4 is 29.5 Å². The van der Waals surface area contributed by atoms with Gasteiger partial charge in [-0.25, -0.2) is 4.99 Å². The quantitative estimate of drug-likeness (QED) is 0.681. The van der Waals surface area contributed by atoms with Crippen LogP contribution >= 0.6 is 0 Å². The first-order valence-electron chi connectivity index (χ1n) is 9.01. The minimum Gasteiger partial charge on any atom is -0.459 e. The van der Waals surface area contributed by atoms with E-state index in [1.807, 2.05) is 42.5 Å². The summed E-state index contributed by atoms with van der Waals surface area (Å²) in [6.07, 6.45) is 0.806. The first kappa shape index (κ1) is 18.4. The van der Waals surface area contributed by atoms with Gasteiger partial charge < -0.3 is 19.4 Å². The number of carbonyl (C=O) groups is 3. The third-order valence-electron chi connectivity index (χ3n) is 4.53. The molecule has 2 aromatic carbocycles. The van der Waals surface area contributed by atoms with Crippen molar-refractivity contribution in [3.8, 4) is 0 Å². The number of nitrogens with one attached hydrogen (secondary N) is 1. The molecule has 0 aliphatic carbocycles. The van der Waals surface area contributed by atoms with Crippen LogP contribution in [0.2, 0.25) is 0 Å². The Balaban J connectivity index is 1.83. The van der Waals surface area contributed by atoms with E-state index in [-0.39, 0.29) is 12.3 Å². The Morgan fingerprint density at radius 2 is 1.83 bits per heavy atom. The number of amides is 2. The zero-order valence-corrected chi connectivity index (χ0v) is 15.3. The molecule has 4 rings (SSSR count). The third kappa shape index (κ3) is 3.58. The van der Waals surface area contributed by atoms with E-state index in [1.165, 1.54) is 17.2 Å². The van der Waals surface area contributed by atoms with Crippen LogP contribution in [0.3, 0.4) is 0 Å². The average Bonchev–Trinajstić information content (AvgIpc) is 3.27. The Morgan fingerprint density at radius 1 is 1.07 bits per heavy atom. The normalized spacial score (nSPS) is 15.9. The highest BCUT2D eigenvalue weighted by Crippen LogP contribution is 2.28. The number of rotatable bonds is 5. The van der Waals surface area contributed by atoms with E-state index in [0.717, 1.165) is 5.56 Å². The van der Waals surface area contributed by atoms with Crippen LogP contribution in [0.25, 0.3) is 0 Å². The average molecular weight is 387 g/mol. The Kier molecular flexibility index (Phi) is 5.03. The number of hydrogen-bond acceptors (Lipinski definition) is 5. The van der Waals surface area contributed by atoms with Gasteiger partial charge in [-0.15, -0.1) is 0 Å². The third-order valence-corrected chi connectivity index (χ3v) is 4.53. The Hall–Kier alpha value is -4.00. The summed E-state index contributed by atoms with van der Waals surface area (Å²) in [7, 11) is 0. The molecule has 1 N–H and O–H groups in total. The van der Waals surface area contributed by atoms with Crippen LogP contribution < -0.4 is 10.2 Å². The smallest absolute Gasteiger partial charge is 0.289 e. The van der Waals surface area contributed by atoms with E-state index in [4.69, 9.17) is 4.42 Å². The lowest BCUT2D eigenvalue weighted by atomic mass is 10.0. The number of anilines is 1. The zero-order valence-electron chi connectivity index (χ0n) is 15.3. The van der Waals surface area contributed by atoms with Crippen LogP contribution in [0.1, 0.15) is 21.7 Å². The predicted octanol–water partition coefficient (Wildman–Crippen LogP) is 2.42. The van der Waals surface area contributed by atoms with Gasteiger partial charge in [0.25, 0.3) is 11.8 Å². The molecule has 0 saturated carbocycles. The van der Waals surface area contributed by atoms with E-state index in [9.17, 15) is 14.4 Å². The van der Waals surface area contributed by atoms with Crippen molar-refractivity contribution in [1.29, 1.82) is 0 Å². The summed E-state index contributed by atoms with van der Waals surface area (Å²) in [5.74, 6) is -1.00. The van der Waals surface area contributed by atoms with Gasteiger partial charge in [-0.2, -0.15) is 0 Å². The van der Waals surface area contributed by atoms with Gasteiger partial charge in [-0.05, 0) is 18.2 Å². The van der Waals surface area contributed by atoms with E-state index >= 15 is 0 Å². The predicted molar refractivity (Wildman–Crippen MR) is 107 cm³/mol. The van der Waals surface area contributed by atoms with E-state index < -0.39 is 18.0 Å². The van der Waals surface area contributed by atoms with E-state index in [0.29, 0.717) is 23.2 Å². The van der Waals surface area contributed by atoms with Gasteiger partial charge in [-0.3, -0.25) is 9.59 Å². The fraction of sp³-hybridized carbons (Fsp3) is 0.0909. The van der Waals surface area contributed by atoms with Crippen LogP contribution in [-0.2, 0) is 9.59 Å². The summed E-state index contributed by atoms with van der Waals surface area (Å²) in [5.41, 5.74) is 2.59. The molecule has 3 aromatic rings. The van der Waals surface area contributed by atoms with Crippen molar-refractivity contribution in [2.75, 3.05) is 11.4 Å². The molecule has 1 unspecified atom stereocenters. The second kappa shape index (κ2) is 7.93. The van der Waals surface area contributed by atoms with Gasteiger partial charge >= 0.3 is 0 Å². The molecule has 2 heterocycles. The minimum absolute atomic E-state index is 0.0676. The molecule has 29 heavy (non-hydrogen) atoms. The number of carbonyl (C=O) groups excluding carboxylic acids is 3. The lowest BCUT2D eigenvalue weighted by Gasteiger charge is -2.23. The number of fused-ring (bicyclic) bond motifs is 1. The van der Waals surface area contributed by atoms with Crippen LogP contribution in [-0.4, -0.2) is 36.5 Å². The molecule has 1 atom stereocenters. The molecule has 1 aliphatic heterocycles. The highest BCUT2D eigenvalue weighted by molar-refractivity contribution is 6.20. The Bertz CT molecular complexity index is 1070. The van der Waals surface area contributed by atoms with Crippen molar-refractivity contribution < 1.29 is 18.8 Å². The minimum atomic E-state index is -1.21. The number of benzodiazepines with no additional fused rings is 1. The number of hydrogen-bond donors (Lipinski definition) is 1. The lowest BCUT2D eigenvalue weighted by Crippen LogP contribution is -2.48. The van der Waals surface area contributed by atoms with E-state index in [2.05, 4.69) is 10.3 Å². The molecule has 1 aliphatic rings. The summed E-state index contributed by atoms with van der Waals surface area (Å²) in [5, 5.41) is 2.61. The van der Waals surface area contributed by atoms with Gasteiger partial charge in [0.15, 0.2) is 5.76 Å². The van der Waals surface area contributed by atoms with Gasteiger partial charge in [0, 0.05) is 11.1 Å². The fourth-order valence-corrected chi connectivity index (χ4v) is 3.22. The molecule has 1 aromatic heterocycles. The summed E-state index contributed by atoms with van der Waals surface area (Å²) in [6, 6.07) is 19.7. The number of aldehydes is 1. The maximum absolute atomic E-state index is 13.2. The molecular weight excluding hydrogens is 370 g/mol. The molecule has 7 nitrogen and oxygen atoms in total. The molecular formula is C22H17N3O4. The molecule has 2 amide bonds. The SMILES string of the molecule is O=CCN1C(=O)C(NC(=O)c2ccco2)N=C(c2ccccc2)c2ccccc21. The number of para-hydroxylation sites is 1. The first-order chi connectivity index (χ1) is 14.2. The molecule has 0 bridgehead atoms. The van der Waals surface area contributed by atoms with Gasteiger partial charge in [0.2, 0.25) is 6.17 Å². The van der Waals surface area contributed by atoms with Crippen molar-refractivity contribution in [2.24, 2.45) is 4.99 Å². The van der Waals surface area contributed by atoms with Crippen LogP contribution in [0.15, 0.2) is 82.4 Å². The van der Waals surface area contributed by atoms with Crippen molar-refractivity contribution in [2.45, 2.75) is 6.17 Å². The maximum atomic E-state index is 13.2. The summed E-state index contributed by atoms with van der Waals surface area (Å²) in [6.45, 7) is -0.152. The molecule has 0 fully saturated rings. The summed E-state index contributed by atoms with van der Waals surface area (Å²) < 4.78 is 5.11. The van der Waals surface area contributed by atoms with Crippen LogP contribution in [0.4, 0.5) is 5.69 Å². The first-order valence-corrected chi connectivity index (χ1v) is 9.01. The number of nitrogens with zero attached hydrogens (tertiary/aromatic N) is 2. The van der Waals surface area contributed by atoms with Crippen molar-refractivity contribution in [3.63, 3.8) is 0 Å². The summed E-state index contributed by atoms with van der Waals surface area (Å²) in [4.78, 5) is 42.9. The maximum Gasteiger partial charge on any atom is 0.289 e. The molecule has 0 saturated heterocycles. The number of furan rings is 1. The molecule has 144 valence electrons. The number of benzene rings is 2. The fourth-order valence-electron chi connectivity index (χ4n) is 3.22. The van der Waals surface area contributed by atoms with Crippen LogP contribution in [0, 0.1) is 0 Å². The zero-order chi connectivity index (χ0) is 20.2. The topological polar surface area (TPSA) is 92.0 Å². The van der Waals surface area contributed by atoms with Gasteiger partial charge in [0.05, 0.1) is 24.2 Å². The Labute approximate surface area is 166 Å². The lowest BCUT2D eigenvalue weighted by molar-refractivity contribution is -0.121. The van der Waals surface area contributed by atoms with Crippen LogP contribution in [0.5, 0.6) is 0 Å². The monoisotopic (exact) mass is 387 g/mol. The van der Waals surface area contributed by atoms with Crippen molar-refractivity contribution in [3.05, 3.63) is 89.9 Å². The largest absolute Gasteiger partial charge is 0.459 e. The molecule has 0 radical (unpaired) electrons. The van der Waals surface area contributed by atoms with E-state index in [1.54, 1.807) is 18.2 Å². The van der Waals surface area contributed by atoms with Gasteiger partial charge in [-0.1, -0.05) is 48.5 Å².